The molecule has 2 aromatic carbocycles. The van der Waals surface area contributed by atoms with E-state index in [-0.39, 0.29) is 6.10 Å². The third-order valence-electron chi connectivity index (χ3n) is 3.92. The summed E-state index contributed by atoms with van der Waals surface area (Å²) in [5.41, 5.74) is 3.46. The molecule has 0 amide bonds. The molecule has 0 bridgehead atoms. The molecule has 1 heterocycles. The van der Waals surface area contributed by atoms with E-state index in [2.05, 4.69) is 43.1 Å². The lowest BCUT2D eigenvalue weighted by Crippen LogP contribution is -2.08. The lowest BCUT2D eigenvalue weighted by atomic mass is 10.1. The molecule has 0 aliphatic heterocycles. The van der Waals surface area contributed by atoms with Gasteiger partial charge in [-0.15, -0.1) is 0 Å². The highest BCUT2D eigenvalue weighted by molar-refractivity contribution is 5.26. The van der Waals surface area contributed by atoms with Gasteiger partial charge in [0.1, 0.15) is 11.6 Å². The van der Waals surface area contributed by atoms with Crippen LogP contribution in [0, 0.1) is 6.92 Å². The second-order valence-electron chi connectivity index (χ2n) is 5.68. The van der Waals surface area contributed by atoms with Crippen molar-refractivity contribution in [1.82, 2.24) is 9.97 Å². The molecule has 0 aliphatic rings. The van der Waals surface area contributed by atoms with E-state index in [4.69, 9.17) is 9.72 Å². The normalized spacial score (nSPS) is 12.1. The number of benzene rings is 2. The van der Waals surface area contributed by atoms with Crippen molar-refractivity contribution in [3.05, 3.63) is 83.4 Å². The number of nitrogens with zero attached hydrogens (tertiary/aromatic N) is 1. The van der Waals surface area contributed by atoms with Gasteiger partial charge < -0.3 is 9.72 Å². The van der Waals surface area contributed by atoms with Gasteiger partial charge in [-0.2, -0.15) is 0 Å². The first kappa shape index (κ1) is 15.3. The molecule has 1 aromatic heterocycles. The summed E-state index contributed by atoms with van der Waals surface area (Å²) in [5, 5.41) is 0. The maximum atomic E-state index is 6.07. The molecule has 3 nitrogen and oxygen atoms in total. The molecule has 3 rings (SSSR count). The number of hydrogen-bond acceptors (Lipinski definition) is 2. The number of aromatic nitrogens is 2. The molecule has 118 valence electrons. The molecular formula is C20H22N2O. The van der Waals surface area contributed by atoms with Crippen molar-refractivity contribution in [3.8, 4) is 5.75 Å². The van der Waals surface area contributed by atoms with Crippen molar-refractivity contribution in [2.24, 2.45) is 0 Å². The number of H-pyrrole nitrogens is 1. The monoisotopic (exact) mass is 306 g/mol. The summed E-state index contributed by atoms with van der Waals surface area (Å²) in [5.74, 6) is 1.78. The zero-order chi connectivity index (χ0) is 16.1. The molecule has 1 unspecified atom stereocenters. The maximum absolute atomic E-state index is 6.07. The van der Waals surface area contributed by atoms with Crippen molar-refractivity contribution in [1.29, 1.82) is 0 Å². The maximum Gasteiger partial charge on any atom is 0.156 e. The van der Waals surface area contributed by atoms with Gasteiger partial charge in [-0.05, 0) is 31.0 Å². The van der Waals surface area contributed by atoms with Gasteiger partial charge in [0.15, 0.2) is 6.10 Å². The molecule has 0 aliphatic carbocycles. The number of para-hydroxylation sites is 1. The van der Waals surface area contributed by atoms with Gasteiger partial charge in [-0.3, -0.25) is 0 Å². The molecule has 0 saturated carbocycles. The van der Waals surface area contributed by atoms with Crippen LogP contribution in [-0.2, 0) is 6.42 Å². The second kappa shape index (κ2) is 7.14. The Balaban J connectivity index is 1.78. The first-order valence-electron chi connectivity index (χ1n) is 8.07. The Labute approximate surface area is 137 Å². The summed E-state index contributed by atoms with van der Waals surface area (Å²) in [6.07, 6.45) is 1.65. The third kappa shape index (κ3) is 3.81. The van der Waals surface area contributed by atoms with Crippen LogP contribution in [0.15, 0.2) is 60.7 Å². The minimum absolute atomic E-state index is 0.0550. The van der Waals surface area contributed by atoms with Gasteiger partial charge in [0.25, 0.3) is 0 Å². The summed E-state index contributed by atoms with van der Waals surface area (Å²) >= 11 is 0. The van der Waals surface area contributed by atoms with Gasteiger partial charge >= 0.3 is 0 Å². The van der Waals surface area contributed by atoms with Crippen LogP contribution >= 0.6 is 0 Å². The fourth-order valence-electron chi connectivity index (χ4n) is 2.63. The predicted octanol–water partition coefficient (Wildman–Crippen LogP) is 4.84. The fraction of sp³-hybridized carbons (Fsp3) is 0.250. The Morgan fingerprint density at radius 1 is 1.00 bits per heavy atom. The van der Waals surface area contributed by atoms with Crippen LogP contribution in [-0.4, -0.2) is 9.97 Å². The average molecular weight is 306 g/mol. The predicted molar refractivity (Wildman–Crippen MR) is 92.7 cm³/mol. The van der Waals surface area contributed by atoms with Crippen LogP contribution in [0.3, 0.4) is 0 Å². The molecule has 0 spiro atoms. The smallest absolute Gasteiger partial charge is 0.156 e. The Kier molecular flexibility index (Phi) is 4.77. The number of aryl methyl sites for hydroxylation is 1. The van der Waals surface area contributed by atoms with Gasteiger partial charge in [-0.1, -0.05) is 55.5 Å². The van der Waals surface area contributed by atoms with Gasteiger partial charge in [0.2, 0.25) is 0 Å². The second-order valence-corrected chi connectivity index (χ2v) is 5.68. The lowest BCUT2D eigenvalue weighted by Gasteiger charge is -2.15. The zero-order valence-electron chi connectivity index (χ0n) is 13.6. The van der Waals surface area contributed by atoms with E-state index in [1.54, 1.807) is 0 Å². The molecule has 23 heavy (non-hydrogen) atoms. The average Bonchev–Trinajstić information content (AvgIpc) is 2.95. The number of hydrogen-bond donors (Lipinski definition) is 1. The highest BCUT2D eigenvalue weighted by atomic mass is 16.5. The van der Waals surface area contributed by atoms with Crippen molar-refractivity contribution in [2.45, 2.75) is 32.8 Å². The van der Waals surface area contributed by atoms with Crippen LogP contribution in [0.4, 0.5) is 0 Å². The minimum atomic E-state index is -0.0550. The van der Waals surface area contributed by atoms with E-state index < -0.39 is 0 Å². The van der Waals surface area contributed by atoms with Crippen molar-refractivity contribution in [2.75, 3.05) is 0 Å². The first-order valence-corrected chi connectivity index (χ1v) is 8.07. The highest BCUT2D eigenvalue weighted by Gasteiger charge is 2.17. The van der Waals surface area contributed by atoms with E-state index in [1.807, 2.05) is 36.4 Å². The largest absolute Gasteiger partial charge is 0.483 e. The molecule has 1 N–H and O–H groups in total. The van der Waals surface area contributed by atoms with E-state index >= 15 is 0 Å². The molecule has 3 heteroatoms. The standard InChI is InChI=1S/C20H22N2O/c1-3-19(23-17-12-8-5-9-13-17)20-21-15(2)18(22-20)14-16-10-6-4-7-11-16/h4-13,19H,3,14H2,1-2H3,(H,21,22). The van der Waals surface area contributed by atoms with Gasteiger partial charge in [-0.25, -0.2) is 4.98 Å². The highest BCUT2D eigenvalue weighted by Crippen LogP contribution is 2.24. The van der Waals surface area contributed by atoms with E-state index in [0.717, 1.165) is 35.8 Å². The summed E-state index contributed by atoms with van der Waals surface area (Å²) in [6.45, 7) is 4.19. The minimum Gasteiger partial charge on any atom is -0.483 e. The summed E-state index contributed by atoms with van der Waals surface area (Å²) < 4.78 is 6.07. The summed E-state index contributed by atoms with van der Waals surface area (Å²) in [4.78, 5) is 8.19. The van der Waals surface area contributed by atoms with E-state index in [0.29, 0.717) is 0 Å². The Hall–Kier alpha value is -2.55. The Bertz CT molecular complexity index is 735. The molecule has 3 aromatic rings. The Morgan fingerprint density at radius 2 is 1.65 bits per heavy atom. The summed E-state index contributed by atoms with van der Waals surface area (Å²) in [6, 6.07) is 20.3. The molecule has 0 radical (unpaired) electrons. The lowest BCUT2D eigenvalue weighted by molar-refractivity contribution is 0.192. The first-order chi connectivity index (χ1) is 11.3. The van der Waals surface area contributed by atoms with Gasteiger partial charge in [0.05, 0.1) is 5.69 Å². The van der Waals surface area contributed by atoms with Crippen molar-refractivity contribution >= 4 is 0 Å². The summed E-state index contributed by atoms with van der Waals surface area (Å²) in [7, 11) is 0. The van der Waals surface area contributed by atoms with Crippen LogP contribution in [0.2, 0.25) is 0 Å². The number of nitrogens with one attached hydrogen (secondary N) is 1. The molecule has 0 fully saturated rings. The van der Waals surface area contributed by atoms with Crippen LogP contribution < -0.4 is 4.74 Å². The number of ether oxygens (including phenoxy) is 1. The van der Waals surface area contributed by atoms with E-state index in [1.165, 1.54) is 5.56 Å². The molecule has 0 saturated heterocycles. The quantitative estimate of drug-likeness (QED) is 0.707. The van der Waals surface area contributed by atoms with Crippen LogP contribution in [0.1, 0.15) is 42.2 Å². The Morgan fingerprint density at radius 3 is 2.30 bits per heavy atom. The van der Waals surface area contributed by atoms with Crippen molar-refractivity contribution < 1.29 is 4.74 Å². The van der Waals surface area contributed by atoms with Gasteiger partial charge in [0, 0.05) is 12.1 Å². The third-order valence-corrected chi connectivity index (χ3v) is 3.92. The molecular weight excluding hydrogens is 284 g/mol. The molecule has 1 atom stereocenters. The number of imidazole rings is 1. The number of rotatable bonds is 6. The topological polar surface area (TPSA) is 37.9 Å². The van der Waals surface area contributed by atoms with Crippen molar-refractivity contribution in [3.63, 3.8) is 0 Å². The fourth-order valence-corrected chi connectivity index (χ4v) is 2.63. The van der Waals surface area contributed by atoms with Crippen LogP contribution in [0.5, 0.6) is 5.75 Å². The van der Waals surface area contributed by atoms with E-state index in [9.17, 15) is 0 Å². The zero-order valence-corrected chi connectivity index (χ0v) is 13.6. The number of aromatic amines is 1. The SMILES string of the molecule is CCC(Oc1ccccc1)c1nc(Cc2ccccc2)c(C)[nH]1. The van der Waals surface area contributed by atoms with Crippen LogP contribution in [0.25, 0.3) is 0 Å².